The van der Waals surface area contributed by atoms with Gasteiger partial charge in [-0.2, -0.15) is 0 Å². The molecule has 15 heavy (non-hydrogen) atoms. The van der Waals surface area contributed by atoms with Gasteiger partial charge in [0.1, 0.15) is 5.75 Å². The standard InChI is InChI=1S/C11H15Cl2NO/c1-3-14(7-6-12)11-5-4-9(15-2)8-10(11)13/h4-5,8H,3,6-7H2,1-2H3. The molecule has 0 spiro atoms. The van der Waals surface area contributed by atoms with E-state index < -0.39 is 0 Å². The van der Waals surface area contributed by atoms with E-state index in [1.807, 2.05) is 18.2 Å². The molecule has 0 aliphatic heterocycles. The topological polar surface area (TPSA) is 12.5 Å². The van der Waals surface area contributed by atoms with Crippen LogP contribution in [-0.4, -0.2) is 26.1 Å². The van der Waals surface area contributed by atoms with Crippen molar-refractivity contribution >= 4 is 28.9 Å². The number of nitrogens with zero attached hydrogens (tertiary/aromatic N) is 1. The molecule has 0 aliphatic carbocycles. The second-order valence-electron chi connectivity index (χ2n) is 3.09. The van der Waals surface area contributed by atoms with Gasteiger partial charge in [-0.05, 0) is 19.1 Å². The van der Waals surface area contributed by atoms with E-state index in [9.17, 15) is 0 Å². The highest BCUT2D eigenvalue weighted by atomic mass is 35.5. The molecule has 0 unspecified atom stereocenters. The average Bonchev–Trinajstić information content (AvgIpc) is 2.26. The lowest BCUT2D eigenvalue weighted by atomic mass is 10.2. The number of ether oxygens (including phenoxy) is 1. The Bertz CT molecular complexity index is 317. The highest BCUT2D eigenvalue weighted by Crippen LogP contribution is 2.29. The van der Waals surface area contributed by atoms with Gasteiger partial charge < -0.3 is 9.64 Å². The molecule has 0 radical (unpaired) electrons. The average molecular weight is 248 g/mol. The number of benzene rings is 1. The Balaban J connectivity index is 2.92. The van der Waals surface area contributed by atoms with Crippen molar-refractivity contribution in [3.05, 3.63) is 23.2 Å². The SMILES string of the molecule is CCN(CCCl)c1ccc(OC)cc1Cl. The van der Waals surface area contributed by atoms with E-state index in [4.69, 9.17) is 27.9 Å². The summed E-state index contributed by atoms with van der Waals surface area (Å²) in [4.78, 5) is 2.13. The summed E-state index contributed by atoms with van der Waals surface area (Å²) in [6, 6.07) is 5.67. The molecule has 1 rings (SSSR count). The molecule has 0 saturated heterocycles. The Morgan fingerprint density at radius 3 is 2.60 bits per heavy atom. The summed E-state index contributed by atoms with van der Waals surface area (Å²) in [5.74, 6) is 1.36. The number of hydrogen-bond donors (Lipinski definition) is 0. The minimum absolute atomic E-state index is 0.593. The van der Waals surface area contributed by atoms with Crippen LogP contribution in [-0.2, 0) is 0 Å². The van der Waals surface area contributed by atoms with Gasteiger partial charge in [0.15, 0.2) is 0 Å². The van der Waals surface area contributed by atoms with E-state index in [2.05, 4.69) is 11.8 Å². The van der Waals surface area contributed by atoms with Gasteiger partial charge in [0.2, 0.25) is 0 Å². The van der Waals surface area contributed by atoms with Crippen LogP contribution in [0, 0.1) is 0 Å². The van der Waals surface area contributed by atoms with Crippen molar-refractivity contribution in [2.45, 2.75) is 6.92 Å². The van der Waals surface area contributed by atoms with Gasteiger partial charge in [0, 0.05) is 25.0 Å². The fraction of sp³-hybridized carbons (Fsp3) is 0.455. The summed E-state index contributed by atoms with van der Waals surface area (Å²) in [7, 11) is 1.63. The Morgan fingerprint density at radius 1 is 1.40 bits per heavy atom. The van der Waals surface area contributed by atoms with Gasteiger partial charge in [-0.3, -0.25) is 0 Å². The van der Waals surface area contributed by atoms with Gasteiger partial charge in [-0.25, -0.2) is 0 Å². The second kappa shape index (κ2) is 6.09. The molecule has 1 aromatic carbocycles. The first-order valence-electron chi connectivity index (χ1n) is 4.87. The molecular weight excluding hydrogens is 233 g/mol. The number of alkyl halides is 1. The molecule has 0 amide bonds. The number of halogens is 2. The molecule has 0 bridgehead atoms. The lowest BCUT2D eigenvalue weighted by Gasteiger charge is -2.23. The van der Waals surface area contributed by atoms with Gasteiger partial charge in [0.25, 0.3) is 0 Å². The van der Waals surface area contributed by atoms with Crippen molar-refractivity contribution in [1.82, 2.24) is 0 Å². The van der Waals surface area contributed by atoms with Crippen molar-refractivity contribution in [1.29, 1.82) is 0 Å². The fourth-order valence-electron chi connectivity index (χ4n) is 1.42. The summed E-state index contributed by atoms with van der Waals surface area (Å²) in [6.07, 6.45) is 0. The summed E-state index contributed by atoms with van der Waals surface area (Å²) in [5, 5.41) is 0.696. The third-order valence-corrected chi connectivity index (χ3v) is 2.70. The fourth-order valence-corrected chi connectivity index (χ4v) is 1.92. The van der Waals surface area contributed by atoms with Crippen LogP contribution < -0.4 is 9.64 Å². The van der Waals surface area contributed by atoms with Crippen molar-refractivity contribution in [2.75, 3.05) is 31.0 Å². The van der Waals surface area contributed by atoms with Crippen molar-refractivity contribution < 1.29 is 4.74 Å². The molecule has 0 N–H and O–H groups in total. The molecular formula is C11H15Cl2NO. The molecule has 0 fully saturated rings. The van der Waals surface area contributed by atoms with Crippen LogP contribution in [0.1, 0.15) is 6.92 Å². The second-order valence-corrected chi connectivity index (χ2v) is 3.87. The predicted molar refractivity (Wildman–Crippen MR) is 66.6 cm³/mol. The maximum atomic E-state index is 6.15. The van der Waals surface area contributed by atoms with Crippen LogP contribution in [0.2, 0.25) is 5.02 Å². The minimum Gasteiger partial charge on any atom is -0.497 e. The summed E-state index contributed by atoms with van der Waals surface area (Å²) < 4.78 is 5.09. The largest absolute Gasteiger partial charge is 0.497 e. The Labute approximate surface area is 101 Å². The monoisotopic (exact) mass is 247 g/mol. The van der Waals surface area contributed by atoms with Crippen LogP contribution in [0.25, 0.3) is 0 Å². The van der Waals surface area contributed by atoms with Crippen molar-refractivity contribution in [2.24, 2.45) is 0 Å². The zero-order chi connectivity index (χ0) is 11.3. The minimum atomic E-state index is 0.593. The van der Waals surface area contributed by atoms with E-state index >= 15 is 0 Å². The Kier molecular flexibility index (Phi) is 5.06. The lowest BCUT2D eigenvalue weighted by molar-refractivity contribution is 0.415. The molecule has 2 nitrogen and oxygen atoms in total. The van der Waals surface area contributed by atoms with Gasteiger partial charge in [0.05, 0.1) is 17.8 Å². The van der Waals surface area contributed by atoms with Crippen LogP contribution in [0.5, 0.6) is 5.75 Å². The van der Waals surface area contributed by atoms with E-state index in [-0.39, 0.29) is 0 Å². The smallest absolute Gasteiger partial charge is 0.120 e. The zero-order valence-electron chi connectivity index (χ0n) is 8.96. The zero-order valence-corrected chi connectivity index (χ0v) is 10.5. The number of anilines is 1. The molecule has 1 aromatic rings. The third-order valence-electron chi connectivity index (χ3n) is 2.23. The lowest BCUT2D eigenvalue weighted by Crippen LogP contribution is -2.25. The van der Waals surface area contributed by atoms with E-state index in [1.54, 1.807) is 7.11 Å². The number of rotatable bonds is 5. The van der Waals surface area contributed by atoms with Crippen LogP contribution >= 0.6 is 23.2 Å². The Morgan fingerprint density at radius 2 is 2.13 bits per heavy atom. The number of methoxy groups -OCH3 is 1. The first kappa shape index (κ1) is 12.5. The van der Waals surface area contributed by atoms with E-state index in [0.717, 1.165) is 24.5 Å². The summed E-state index contributed by atoms with van der Waals surface area (Å²) in [5.41, 5.74) is 1.00. The van der Waals surface area contributed by atoms with Crippen molar-refractivity contribution in [3.63, 3.8) is 0 Å². The van der Waals surface area contributed by atoms with Crippen LogP contribution in [0.3, 0.4) is 0 Å². The molecule has 0 saturated carbocycles. The van der Waals surface area contributed by atoms with E-state index in [0.29, 0.717) is 10.9 Å². The highest BCUT2D eigenvalue weighted by molar-refractivity contribution is 6.33. The quantitative estimate of drug-likeness (QED) is 0.740. The van der Waals surface area contributed by atoms with E-state index in [1.165, 1.54) is 0 Å². The summed E-state index contributed by atoms with van der Waals surface area (Å²) in [6.45, 7) is 3.76. The normalized spacial score (nSPS) is 10.1. The maximum absolute atomic E-state index is 6.15. The Hall–Kier alpha value is -0.600. The molecule has 0 aliphatic rings. The van der Waals surface area contributed by atoms with Crippen LogP contribution in [0.4, 0.5) is 5.69 Å². The van der Waals surface area contributed by atoms with Crippen LogP contribution in [0.15, 0.2) is 18.2 Å². The molecule has 4 heteroatoms. The molecule has 0 heterocycles. The molecule has 84 valence electrons. The predicted octanol–water partition coefficient (Wildman–Crippen LogP) is 3.41. The first-order chi connectivity index (χ1) is 7.22. The van der Waals surface area contributed by atoms with Gasteiger partial charge in [-0.1, -0.05) is 11.6 Å². The molecule has 0 atom stereocenters. The summed E-state index contributed by atoms with van der Waals surface area (Å²) >= 11 is 11.9. The first-order valence-corrected chi connectivity index (χ1v) is 5.78. The third kappa shape index (κ3) is 3.18. The highest BCUT2D eigenvalue weighted by Gasteiger charge is 2.08. The van der Waals surface area contributed by atoms with Gasteiger partial charge >= 0.3 is 0 Å². The number of hydrogen-bond acceptors (Lipinski definition) is 2. The van der Waals surface area contributed by atoms with Crippen molar-refractivity contribution in [3.8, 4) is 5.75 Å². The molecule has 0 aromatic heterocycles. The van der Waals surface area contributed by atoms with Gasteiger partial charge in [-0.15, -0.1) is 11.6 Å². The maximum Gasteiger partial charge on any atom is 0.120 e.